The first-order valence-electron chi connectivity index (χ1n) is 11.9. The molecule has 2 unspecified atom stereocenters. The number of hydrogen-bond donors (Lipinski definition) is 1. The van der Waals surface area contributed by atoms with Gasteiger partial charge in [-0.1, -0.05) is 58.6 Å². The minimum absolute atomic E-state index is 0.131. The number of fused-ring (bicyclic) bond motifs is 1. The van der Waals surface area contributed by atoms with Crippen molar-refractivity contribution < 1.29 is 13.5 Å². The highest BCUT2D eigenvalue weighted by Gasteiger charge is 2.26. The van der Waals surface area contributed by atoms with E-state index in [1.54, 1.807) is 31.4 Å². The molecule has 0 fully saturated rings. The monoisotopic (exact) mass is 492 g/mol. The molecule has 0 radical (unpaired) electrons. The van der Waals surface area contributed by atoms with Gasteiger partial charge in [0, 0.05) is 24.4 Å². The third-order valence-corrected chi connectivity index (χ3v) is 6.10. The number of alkyl halides is 2. The van der Waals surface area contributed by atoms with E-state index in [0.717, 1.165) is 16.8 Å². The molecule has 0 saturated heterocycles. The Morgan fingerprint density at radius 1 is 1.22 bits per heavy atom. The average molecular weight is 493 g/mol. The van der Waals surface area contributed by atoms with E-state index in [1.165, 1.54) is 12.3 Å². The number of allylic oxidation sites excluding steroid dienone is 7. The van der Waals surface area contributed by atoms with Gasteiger partial charge >= 0.3 is 0 Å². The van der Waals surface area contributed by atoms with Crippen molar-refractivity contribution in [2.75, 3.05) is 12.4 Å². The predicted molar refractivity (Wildman–Crippen MR) is 144 cm³/mol. The Hall–Kier alpha value is -3.45. The molecule has 2 atom stereocenters. The Kier molecular flexibility index (Phi) is 9.04. The van der Waals surface area contributed by atoms with Gasteiger partial charge in [0.1, 0.15) is 0 Å². The molecular weight excluding hydrogens is 458 g/mol. The van der Waals surface area contributed by atoms with E-state index in [-0.39, 0.29) is 17.7 Å². The summed E-state index contributed by atoms with van der Waals surface area (Å²) in [6, 6.07) is 5.45. The van der Waals surface area contributed by atoms with E-state index in [2.05, 4.69) is 60.6 Å². The summed E-state index contributed by atoms with van der Waals surface area (Å²) in [5, 5.41) is 4.21. The van der Waals surface area contributed by atoms with E-state index < -0.39 is 12.3 Å². The van der Waals surface area contributed by atoms with Crippen LogP contribution in [0.3, 0.4) is 0 Å². The van der Waals surface area contributed by atoms with Gasteiger partial charge < -0.3 is 10.1 Å². The molecule has 0 amide bonds. The first kappa shape index (κ1) is 27.1. The maximum atomic E-state index is 13.7. The Labute approximate surface area is 212 Å². The molecule has 190 valence electrons. The lowest BCUT2D eigenvalue weighted by atomic mass is 9.82. The SMILES string of the molecule is C=C/C=C(\C=C/C(C)C(C)(C)C)Nc1cc(COC)nc2nc(C3=NC=CC=CC3C(F)F)ccc12. The predicted octanol–water partition coefficient (Wildman–Crippen LogP) is 7.25. The van der Waals surface area contributed by atoms with Crippen LogP contribution in [0.2, 0.25) is 0 Å². The summed E-state index contributed by atoms with van der Waals surface area (Å²) < 4.78 is 32.8. The lowest BCUT2D eigenvalue weighted by Gasteiger charge is -2.24. The molecule has 0 aromatic carbocycles. The number of aliphatic imine (C=N–C) groups is 1. The zero-order valence-corrected chi connectivity index (χ0v) is 21.5. The van der Waals surface area contributed by atoms with E-state index >= 15 is 0 Å². The largest absolute Gasteiger partial charge is 0.378 e. The van der Waals surface area contributed by atoms with Crippen molar-refractivity contribution in [3.05, 3.63) is 90.6 Å². The Bertz CT molecular complexity index is 1240. The van der Waals surface area contributed by atoms with Crippen molar-refractivity contribution in [3.8, 4) is 0 Å². The maximum absolute atomic E-state index is 13.7. The first-order valence-corrected chi connectivity index (χ1v) is 11.9. The third-order valence-electron chi connectivity index (χ3n) is 6.10. The van der Waals surface area contributed by atoms with E-state index in [0.29, 0.717) is 23.0 Å². The lowest BCUT2D eigenvalue weighted by Crippen LogP contribution is -2.22. The molecule has 0 bridgehead atoms. The van der Waals surface area contributed by atoms with E-state index in [1.807, 2.05) is 24.3 Å². The van der Waals surface area contributed by atoms with Gasteiger partial charge in [-0.2, -0.15) is 0 Å². The summed E-state index contributed by atoms with van der Waals surface area (Å²) in [5.74, 6) is -0.803. The number of nitrogens with zero attached hydrogens (tertiary/aromatic N) is 3. The second kappa shape index (κ2) is 12.0. The van der Waals surface area contributed by atoms with Gasteiger partial charge in [0.15, 0.2) is 5.65 Å². The molecule has 36 heavy (non-hydrogen) atoms. The van der Waals surface area contributed by atoms with Gasteiger partial charge in [-0.05, 0) is 47.8 Å². The Balaban J connectivity index is 2.06. The Morgan fingerprint density at radius 2 is 2.00 bits per heavy atom. The quantitative estimate of drug-likeness (QED) is 0.375. The highest BCUT2D eigenvalue weighted by molar-refractivity contribution is 6.04. The number of hydrogen-bond acceptors (Lipinski definition) is 5. The fourth-order valence-electron chi connectivity index (χ4n) is 3.56. The number of ether oxygens (including phenoxy) is 1. The zero-order valence-electron chi connectivity index (χ0n) is 21.5. The number of pyridine rings is 2. The topological polar surface area (TPSA) is 59.4 Å². The first-order chi connectivity index (χ1) is 17.1. The van der Waals surface area contributed by atoms with Crippen LogP contribution < -0.4 is 5.32 Å². The minimum Gasteiger partial charge on any atom is -0.378 e. The summed E-state index contributed by atoms with van der Waals surface area (Å²) in [6.07, 6.45) is 11.4. The van der Waals surface area contributed by atoms with Crippen LogP contribution in [-0.4, -0.2) is 29.2 Å². The van der Waals surface area contributed by atoms with Crippen LogP contribution in [0.5, 0.6) is 0 Å². The van der Waals surface area contributed by atoms with Gasteiger partial charge in [-0.15, -0.1) is 0 Å². The normalized spacial score (nSPS) is 17.5. The highest BCUT2D eigenvalue weighted by atomic mass is 19.3. The summed E-state index contributed by atoms with van der Waals surface area (Å²) >= 11 is 0. The summed E-state index contributed by atoms with van der Waals surface area (Å²) in [5.41, 5.74) is 3.40. The van der Waals surface area contributed by atoms with Gasteiger partial charge in [-0.25, -0.2) is 18.7 Å². The molecule has 0 spiro atoms. The van der Waals surface area contributed by atoms with E-state index in [4.69, 9.17) is 4.74 Å². The third kappa shape index (κ3) is 6.82. The molecule has 2 aromatic heterocycles. The molecule has 7 heteroatoms. The van der Waals surface area contributed by atoms with E-state index in [9.17, 15) is 8.78 Å². The summed E-state index contributed by atoms with van der Waals surface area (Å²) in [6.45, 7) is 12.9. The van der Waals surface area contributed by atoms with Crippen LogP contribution in [0, 0.1) is 17.3 Å². The highest BCUT2D eigenvalue weighted by Crippen LogP contribution is 2.29. The average Bonchev–Trinajstić information content (AvgIpc) is 3.08. The van der Waals surface area contributed by atoms with Gasteiger partial charge in [0.25, 0.3) is 0 Å². The molecule has 5 nitrogen and oxygen atoms in total. The molecule has 2 aromatic rings. The van der Waals surface area contributed by atoms with Crippen molar-refractivity contribution in [2.45, 2.75) is 40.7 Å². The lowest BCUT2D eigenvalue weighted by molar-refractivity contribution is 0.128. The number of anilines is 1. The fourth-order valence-corrected chi connectivity index (χ4v) is 3.56. The fraction of sp³-hybridized carbons (Fsp3) is 0.345. The molecule has 3 heterocycles. The number of halogens is 2. The van der Waals surface area contributed by atoms with Gasteiger partial charge in [0.05, 0.1) is 35.3 Å². The van der Waals surface area contributed by atoms with Crippen molar-refractivity contribution >= 4 is 22.4 Å². The summed E-state index contributed by atoms with van der Waals surface area (Å²) in [7, 11) is 1.59. The van der Waals surface area contributed by atoms with Crippen LogP contribution in [-0.2, 0) is 11.3 Å². The van der Waals surface area contributed by atoms with Crippen molar-refractivity contribution in [1.29, 1.82) is 0 Å². The maximum Gasteiger partial charge on any atom is 0.250 e. The van der Waals surface area contributed by atoms with Crippen LogP contribution in [0.4, 0.5) is 14.5 Å². The van der Waals surface area contributed by atoms with Crippen molar-refractivity contribution in [2.24, 2.45) is 22.2 Å². The molecule has 0 saturated carbocycles. The number of methoxy groups -OCH3 is 1. The number of rotatable bonds is 9. The smallest absolute Gasteiger partial charge is 0.250 e. The molecule has 1 N–H and O–H groups in total. The van der Waals surface area contributed by atoms with Crippen LogP contribution in [0.15, 0.2) is 84.2 Å². The van der Waals surface area contributed by atoms with Gasteiger partial charge in [-0.3, -0.25) is 4.99 Å². The zero-order chi connectivity index (χ0) is 26.3. The van der Waals surface area contributed by atoms with Crippen molar-refractivity contribution in [1.82, 2.24) is 9.97 Å². The van der Waals surface area contributed by atoms with Crippen LogP contribution >= 0.6 is 0 Å². The molecule has 3 rings (SSSR count). The number of aromatic nitrogens is 2. The Morgan fingerprint density at radius 3 is 2.67 bits per heavy atom. The second-order valence-electron chi connectivity index (χ2n) is 9.76. The number of nitrogens with one attached hydrogen (secondary N) is 1. The minimum atomic E-state index is -2.60. The van der Waals surface area contributed by atoms with Crippen molar-refractivity contribution in [3.63, 3.8) is 0 Å². The second-order valence-corrected chi connectivity index (χ2v) is 9.76. The molecule has 1 aliphatic heterocycles. The van der Waals surface area contributed by atoms with Crippen LogP contribution in [0.25, 0.3) is 11.0 Å². The van der Waals surface area contributed by atoms with Gasteiger partial charge in [0.2, 0.25) is 6.43 Å². The summed E-state index contributed by atoms with van der Waals surface area (Å²) in [4.78, 5) is 13.5. The standard InChI is InChI=1S/C29H34F2N4O/c1-7-10-20(13-12-19(2)29(3,4)5)33-25-17-21(18-36-6)34-28-22(25)14-15-24(35-28)26-23(27(30)31)11-8-9-16-32-26/h7-17,19,23,27H,1,18H2,2-6H3,(H,33,34,35)/b13-12-,20-10+. The molecular formula is C29H34F2N4O. The molecule has 1 aliphatic rings. The van der Waals surface area contributed by atoms with Crippen LogP contribution in [0.1, 0.15) is 39.1 Å². The molecule has 0 aliphatic carbocycles.